The van der Waals surface area contributed by atoms with Gasteiger partial charge in [0.15, 0.2) is 0 Å². The molecule has 5 aromatic rings. The van der Waals surface area contributed by atoms with Gasteiger partial charge in [-0.2, -0.15) is 0 Å². The molecule has 34 heavy (non-hydrogen) atoms. The topological polar surface area (TPSA) is 0 Å². The monoisotopic (exact) mass is 472 g/mol. The van der Waals surface area contributed by atoms with Crippen molar-refractivity contribution in [2.24, 2.45) is 0 Å². The highest BCUT2D eigenvalue weighted by Crippen LogP contribution is 2.36. The van der Waals surface area contributed by atoms with Crippen LogP contribution in [0.15, 0.2) is 152 Å². The van der Waals surface area contributed by atoms with E-state index in [4.69, 9.17) is 0 Å². The molecule has 0 aromatic heterocycles. The van der Waals surface area contributed by atoms with E-state index in [0.717, 1.165) is 6.16 Å². The Morgan fingerprint density at radius 2 is 0.676 bits per heavy atom. The molecule has 5 aromatic carbocycles. The quantitative estimate of drug-likeness (QED) is 0.164. The van der Waals surface area contributed by atoms with Gasteiger partial charge >= 0.3 is 0 Å². The van der Waals surface area contributed by atoms with Crippen molar-refractivity contribution in [3.63, 3.8) is 0 Å². The Balaban J connectivity index is 1.65. The fraction of sp³-hybridized carbons (Fsp3) is 0.0625. The van der Waals surface area contributed by atoms with Crippen LogP contribution in [0.2, 0.25) is 6.04 Å². The lowest BCUT2D eigenvalue weighted by Gasteiger charge is -2.35. The van der Waals surface area contributed by atoms with E-state index in [1.54, 1.807) is 0 Å². The zero-order valence-corrected chi connectivity index (χ0v) is 21.2. The highest BCUT2D eigenvalue weighted by Gasteiger charge is 2.39. The molecule has 0 unspecified atom stereocenters. The summed E-state index contributed by atoms with van der Waals surface area (Å²) in [6, 6.07) is 57.2. The van der Waals surface area contributed by atoms with E-state index in [0.29, 0.717) is 0 Å². The van der Waals surface area contributed by atoms with Crippen molar-refractivity contribution in [1.82, 2.24) is 0 Å². The summed E-state index contributed by atoms with van der Waals surface area (Å²) in [7, 11) is -2.69. The molecule has 0 aliphatic heterocycles. The van der Waals surface area contributed by atoms with E-state index in [1.807, 2.05) is 0 Å². The maximum absolute atomic E-state index is 2.36. The Labute approximate surface area is 205 Å². The van der Waals surface area contributed by atoms with Crippen molar-refractivity contribution in [1.29, 1.82) is 0 Å². The Kier molecular flexibility index (Phi) is 7.15. The molecule has 0 radical (unpaired) electrons. The Hall–Kier alpha value is -3.25. The van der Waals surface area contributed by atoms with E-state index in [1.165, 1.54) is 32.2 Å². The van der Waals surface area contributed by atoms with E-state index < -0.39 is 16.0 Å². The molecule has 0 fully saturated rings. The second kappa shape index (κ2) is 10.8. The van der Waals surface area contributed by atoms with Crippen LogP contribution in [0.1, 0.15) is 0 Å². The standard InChI is InChI=1S/C32H29PSi/c1-6-16-28(17-7-1)33(29-18-8-2-9-19-29)26-27-34(30-20-10-3-11-21-30,31-22-12-4-13-23-31)32-24-14-5-15-25-32/h1-25H,26-27H2. The van der Waals surface area contributed by atoms with Gasteiger partial charge < -0.3 is 0 Å². The lowest BCUT2D eigenvalue weighted by Crippen LogP contribution is -2.67. The minimum atomic E-state index is -2.24. The van der Waals surface area contributed by atoms with Crippen molar-refractivity contribution < 1.29 is 0 Å². The average Bonchev–Trinajstić information content (AvgIpc) is 2.94. The smallest absolute Gasteiger partial charge is 0.0624 e. The number of rotatable bonds is 8. The summed E-state index contributed by atoms with van der Waals surface area (Å²) in [5, 5.41) is 7.39. The van der Waals surface area contributed by atoms with Crippen LogP contribution in [0.4, 0.5) is 0 Å². The van der Waals surface area contributed by atoms with Crippen molar-refractivity contribution in [3.05, 3.63) is 152 Å². The van der Waals surface area contributed by atoms with Gasteiger partial charge in [-0.1, -0.05) is 152 Å². The van der Waals surface area contributed by atoms with Crippen LogP contribution in [-0.2, 0) is 0 Å². The van der Waals surface area contributed by atoms with Gasteiger partial charge in [-0.15, -0.1) is 0 Å². The Morgan fingerprint density at radius 3 is 1.00 bits per heavy atom. The molecule has 0 saturated carbocycles. The Morgan fingerprint density at radius 1 is 0.382 bits per heavy atom. The van der Waals surface area contributed by atoms with Crippen molar-refractivity contribution in [2.75, 3.05) is 6.16 Å². The molecule has 166 valence electrons. The molecule has 0 N–H and O–H groups in total. The fourth-order valence-electron chi connectivity index (χ4n) is 5.00. The maximum atomic E-state index is 2.36. The predicted octanol–water partition coefficient (Wildman–Crippen LogP) is 5.29. The number of hydrogen-bond acceptors (Lipinski definition) is 0. The molecule has 2 heteroatoms. The zero-order chi connectivity index (χ0) is 23.1. The molecular formula is C32H29PSi. The third-order valence-corrected chi connectivity index (χ3v) is 14.5. The van der Waals surface area contributed by atoms with Crippen molar-refractivity contribution in [2.45, 2.75) is 6.04 Å². The van der Waals surface area contributed by atoms with Crippen LogP contribution in [-0.4, -0.2) is 14.2 Å². The van der Waals surface area contributed by atoms with Crippen LogP contribution in [0.25, 0.3) is 0 Å². The minimum Gasteiger partial charge on any atom is -0.0624 e. The number of hydrogen-bond donors (Lipinski definition) is 0. The second-order valence-electron chi connectivity index (χ2n) is 8.58. The number of benzene rings is 5. The van der Waals surface area contributed by atoms with Crippen molar-refractivity contribution >= 4 is 42.2 Å². The van der Waals surface area contributed by atoms with Crippen LogP contribution >= 0.6 is 7.92 Å². The van der Waals surface area contributed by atoms with Gasteiger partial charge in [0.05, 0.1) is 0 Å². The largest absolute Gasteiger partial charge is 0.148 e. The van der Waals surface area contributed by atoms with Crippen LogP contribution in [0.3, 0.4) is 0 Å². The molecule has 0 amide bonds. The third-order valence-electron chi connectivity index (χ3n) is 6.65. The normalized spacial score (nSPS) is 11.4. The molecule has 0 bridgehead atoms. The summed E-state index contributed by atoms with van der Waals surface area (Å²) < 4.78 is 0. The van der Waals surface area contributed by atoms with Gasteiger partial charge in [-0.3, -0.25) is 0 Å². The molecule has 0 atom stereocenters. The highest BCUT2D eigenvalue weighted by atomic mass is 31.1. The van der Waals surface area contributed by atoms with Gasteiger partial charge in [0.25, 0.3) is 0 Å². The van der Waals surface area contributed by atoms with Gasteiger partial charge in [0.2, 0.25) is 0 Å². The lowest BCUT2D eigenvalue weighted by atomic mass is 10.3. The van der Waals surface area contributed by atoms with Crippen LogP contribution in [0, 0.1) is 0 Å². The van der Waals surface area contributed by atoms with Gasteiger partial charge in [-0.25, -0.2) is 0 Å². The summed E-state index contributed by atoms with van der Waals surface area (Å²) in [4.78, 5) is 0. The van der Waals surface area contributed by atoms with Crippen LogP contribution < -0.4 is 26.2 Å². The molecule has 0 spiro atoms. The first-order valence-corrected chi connectivity index (χ1v) is 15.7. The molecule has 5 rings (SSSR count). The molecule has 0 aliphatic rings. The fourth-order valence-corrected chi connectivity index (χ4v) is 13.3. The first kappa shape index (κ1) is 22.5. The summed E-state index contributed by atoms with van der Waals surface area (Å²) in [5.41, 5.74) is 0. The van der Waals surface area contributed by atoms with E-state index in [-0.39, 0.29) is 0 Å². The molecule has 0 saturated heterocycles. The van der Waals surface area contributed by atoms with Gasteiger partial charge in [0.1, 0.15) is 8.07 Å². The van der Waals surface area contributed by atoms with E-state index in [9.17, 15) is 0 Å². The first-order valence-electron chi connectivity index (χ1n) is 11.9. The highest BCUT2D eigenvalue weighted by molar-refractivity contribution is 7.73. The van der Waals surface area contributed by atoms with Crippen LogP contribution in [0.5, 0.6) is 0 Å². The van der Waals surface area contributed by atoms with Crippen molar-refractivity contribution in [3.8, 4) is 0 Å². The van der Waals surface area contributed by atoms with Gasteiger partial charge in [0, 0.05) is 0 Å². The average molecular weight is 473 g/mol. The molecular weight excluding hydrogens is 443 g/mol. The minimum absolute atomic E-state index is 0.452. The first-order chi connectivity index (χ1) is 16.9. The summed E-state index contributed by atoms with van der Waals surface area (Å²) >= 11 is 0. The molecule has 0 aliphatic carbocycles. The maximum Gasteiger partial charge on any atom is 0.148 e. The summed E-state index contributed by atoms with van der Waals surface area (Å²) in [5.74, 6) is 0. The van der Waals surface area contributed by atoms with E-state index >= 15 is 0 Å². The van der Waals surface area contributed by atoms with E-state index in [2.05, 4.69) is 152 Å². The zero-order valence-electron chi connectivity index (χ0n) is 19.3. The molecule has 0 nitrogen and oxygen atoms in total. The van der Waals surface area contributed by atoms with Gasteiger partial charge in [-0.05, 0) is 46.3 Å². The Bertz CT molecular complexity index is 1140. The SMILES string of the molecule is c1ccc(P(CC[Si](c2ccccc2)(c2ccccc2)c2ccccc2)c2ccccc2)cc1. The predicted molar refractivity (Wildman–Crippen MR) is 153 cm³/mol. The lowest BCUT2D eigenvalue weighted by molar-refractivity contribution is 1.41. The second-order valence-corrected chi connectivity index (χ2v) is 15.0. The summed E-state index contributed by atoms with van der Waals surface area (Å²) in [6.07, 6.45) is 1.16. The summed E-state index contributed by atoms with van der Waals surface area (Å²) in [6.45, 7) is 0. The molecule has 0 heterocycles. The third kappa shape index (κ3) is 4.68.